The third kappa shape index (κ3) is 3.70. The Bertz CT molecular complexity index is 1150. The van der Waals surface area contributed by atoms with Crippen molar-refractivity contribution >= 4 is 21.7 Å². The summed E-state index contributed by atoms with van der Waals surface area (Å²) in [5.74, 6) is 0.316. The molecule has 0 radical (unpaired) electrons. The molecule has 3 aromatic rings. The Balaban J connectivity index is 2.17. The third-order valence-corrected chi connectivity index (χ3v) is 5.40. The maximum Gasteiger partial charge on any atom is 0.416 e. The van der Waals surface area contributed by atoms with E-state index in [1.54, 1.807) is 6.92 Å². The molecule has 2 aromatic heterocycles. The number of aromatic nitrogens is 3. The van der Waals surface area contributed by atoms with Crippen LogP contribution in [-0.4, -0.2) is 24.5 Å². The lowest BCUT2D eigenvalue weighted by atomic mass is 10.1. The Labute approximate surface area is 153 Å². The van der Waals surface area contributed by atoms with E-state index in [-0.39, 0.29) is 17.4 Å². The molecule has 1 aromatic carbocycles. The number of aromatic amines is 1. The largest absolute Gasteiger partial charge is 0.416 e. The van der Waals surface area contributed by atoms with Crippen molar-refractivity contribution in [2.24, 2.45) is 0 Å². The first-order chi connectivity index (χ1) is 12.7. The maximum atomic E-state index is 12.9. The van der Waals surface area contributed by atoms with E-state index in [4.69, 9.17) is 0 Å². The summed E-state index contributed by atoms with van der Waals surface area (Å²) in [6.07, 6.45) is -1.80. The summed E-state index contributed by atoms with van der Waals surface area (Å²) in [6.45, 7) is 1.48. The fourth-order valence-corrected chi connectivity index (χ4v) is 3.56. The highest BCUT2D eigenvalue weighted by molar-refractivity contribution is 7.85. The first-order valence-electron chi connectivity index (χ1n) is 7.87. The van der Waals surface area contributed by atoms with Gasteiger partial charge < -0.3 is 4.98 Å². The molecule has 3 rings (SSSR count). The second kappa shape index (κ2) is 7.10. The molecule has 0 saturated carbocycles. The van der Waals surface area contributed by atoms with Crippen molar-refractivity contribution in [1.82, 2.24) is 14.5 Å². The predicted octanol–water partition coefficient (Wildman–Crippen LogP) is 2.28. The van der Waals surface area contributed by atoms with Crippen LogP contribution in [0.5, 0.6) is 0 Å². The molecule has 0 fully saturated rings. The van der Waals surface area contributed by atoms with Crippen LogP contribution >= 0.6 is 0 Å². The summed E-state index contributed by atoms with van der Waals surface area (Å²) < 4.78 is 51.7. The molecule has 2 heterocycles. The second-order valence-corrected chi connectivity index (χ2v) is 7.41. The number of hydrogen-bond acceptors (Lipinski definition) is 4. The van der Waals surface area contributed by atoms with Gasteiger partial charge in [-0.3, -0.25) is 18.6 Å². The molecular weight excluding hydrogens is 383 g/mol. The quantitative estimate of drug-likeness (QED) is 0.732. The monoisotopic (exact) mass is 397 g/mol. The number of H-pyrrole nitrogens is 1. The number of nitrogens with zero attached hydrogens (tertiary/aromatic N) is 2. The highest BCUT2D eigenvalue weighted by Crippen LogP contribution is 2.30. The van der Waals surface area contributed by atoms with Crippen LogP contribution in [0.15, 0.2) is 51.1 Å². The first kappa shape index (κ1) is 19.0. The molecule has 1 atom stereocenters. The minimum absolute atomic E-state index is 0.0151. The molecule has 1 unspecified atom stereocenters. The Morgan fingerprint density at radius 2 is 1.96 bits per heavy atom. The standard InChI is InChI=1S/C17H14F3N3O3S/c1-2-27(26)14-8-21-6-5-10(14)9-23-15(24)12-7-11(17(18,19)20)3-4-13(12)22-16(23)25/h3-8H,2,9H2,1H3,(H,22,25). The van der Waals surface area contributed by atoms with E-state index >= 15 is 0 Å². The lowest BCUT2D eigenvalue weighted by molar-refractivity contribution is -0.137. The fourth-order valence-electron chi connectivity index (χ4n) is 2.64. The van der Waals surface area contributed by atoms with Gasteiger partial charge in [0.1, 0.15) is 0 Å². The van der Waals surface area contributed by atoms with Crippen LogP contribution in [0.2, 0.25) is 0 Å². The van der Waals surface area contributed by atoms with E-state index in [1.165, 1.54) is 18.5 Å². The smallest absolute Gasteiger partial charge is 0.307 e. The summed E-state index contributed by atoms with van der Waals surface area (Å²) in [6, 6.07) is 4.08. The molecule has 0 aliphatic carbocycles. The molecule has 10 heteroatoms. The SMILES string of the molecule is CCS(=O)c1cnccc1Cn1c(=O)[nH]c2ccc(C(F)(F)F)cc2c1=O. The average molecular weight is 397 g/mol. The molecule has 0 saturated heterocycles. The van der Waals surface area contributed by atoms with Crippen molar-refractivity contribution < 1.29 is 17.4 Å². The minimum Gasteiger partial charge on any atom is -0.307 e. The number of hydrogen-bond donors (Lipinski definition) is 1. The van der Waals surface area contributed by atoms with Crippen LogP contribution in [0, 0.1) is 0 Å². The van der Waals surface area contributed by atoms with Crippen molar-refractivity contribution in [1.29, 1.82) is 0 Å². The molecular formula is C17H14F3N3O3S. The Hall–Kier alpha value is -2.75. The zero-order valence-electron chi connectivity index (χ0n) is 14.0. The van der Waals surface area contributed by atoms with Gasteiger partial charge in [0.25, 0.3) is 5.56 Å². The van der Waals surface area contributed by atoms with Crippen molar-refractivity contribution in [2.45, 2.75) is 24.5 Å². The zero-order valence-corrected chi connectivity index (χ0v) is 14.9. The molecule has 142 valence electrons. The van der Waals surface area contributed by atoms with Gasteiger partial charge in [0.2, 0.25) is 0 Å². The number of pyridine rings is 1. The molecule has 0 spiro atoms. The summed E-state index contributed by atoms with van der Waals surface area (Å²) in [7, 11) is -1.37. The number of halogens is 3. The summed E-state index contributed by atoms with van der Waals surface area (Å²) in [5, 5.41) is -0.253. The van der Waals surface area contributed by atoms with Gasteiger partial charge in [0, 0.05) is 18.1 Å². The van der Waals surface area contributed by atoms with Crippen LogP contribution < -0.4 is 11.2 Å². The highest BCUT2D eigenvalue weighted by Gasteiger charge is 2.31. The summed E-state index contributed by atoms with van der Waals surface area (Å²) >= 11 is 0. The molecule has 27 heavy (non-hydrogen) atoms. The lowest BCUT2D eigenvalue weighted by Gasteiger charge is -2.11. The number of fused-ring (bicyclic) bond motifs is 1. The van der Waals surface area contributed by atoms with Crippen LogP contribution in [0.4, 0.5) is 13.2 Å². The zero-order chi connectivity index (χ0) is 19.8. The van der Waals surface area contributed by atoms with Crippen LogP contribution in [0.1, 0.15) is 18.1 Å². The van der Waals surface area contributed by atoms with E-state index in [0.29, 0.717) is 22.3 Å². The molecule has 0 bridgehead atoms. The van der Waals surface area contributed by atoms with Gasteiger partial charge in [-0.15, -0.1) is 0 Å². The van der Waals surface area contributed by atoms with E-state index in [2.05, 4.69) is 9.97 Å². The van der Waals surface area contributed by atoms with Gasteiger partial charge >= 0.3 is 11.9 Å². The van der Waals surface area contributed by atoms with Crippen LogP contribution in [-0.2, 0) is 23.5 Å². The van der Waals surface area contributed by atoms with Gasteiger partial charge in [-0.05, 0) is 29.8 Å². The first-order valence-corrected chi connectivity index (χ1v) is 9.19. The van der Waals surface area contributed by atoms with Crippen molar-refractivity contribution in [3.8, 4) is 0 Å². The van der Waals surface area contributed by atoms with Crippen molar-refractivity contribution in [3.63, 3.8) is 0 Å². The lowest BCUT2D eigenvalue weighted by Crippen LogP contribution is -2.35. The molecule has 0 aliphatic heterocycles. The van der Waals surface area contributed by atoms with Crippen LogP contribution in [0.25, 0.3) is 10.9 Å². The number of rotatable bonds is 4. The van der Waals surface area contributed by atoms with Crippen molar-refractivity contribution in [3.05, 3.63) is 68.6 Å². The van der Waals surface area contributed by atoms with Gasteiger partial charge in [0.05, 0.1) is 38.7 Å². The number of nitrogens with one attached hydrogen (secondary N) is 1. The van der Waals surface area contributed by atoms with E-state index in [1.807, 2.05) is 0 Å². The van der Waals surface area contributed by atoms with Gasteiger partial charge in [-0.2, -0.15) is 13.2 Å². The molecule has 6 nitrogen and oxygen atoms in total. The molecule has 0 aliphatic rings. The summed E-state index contributed by atoms with van der Waals surface area (Å²) in [5.41, 5.74) is -2.16. The van der Waals surface area contributed by atoms with E-state index in [9.17, 15) is 27.0 Å². The normalized spacial score (nSPS) is 13.0. The predicted molar refractivity (Wildman–Crippen MR) is 94.1 cm³/mol. The van der Waals surface area contributed by atoms with Gasteiger partial charge in [-0.25, -0.2) is 4.79 Å². The fraction of sp³-hybridized carbons (Fsp3) is 0.235. The maximum absolute atomic E-state index is 12.9. The highest BCUT2D eigenvalue weighted by atomic mass is 32.2. The number of benzene rings is 1. The van der Waals surface area contributed by atoms with Gasteiger partial charge in [0.15, 0.2) is 0 Å². The Morgan fingerprint density at radius 1 is 1.22 bits per heavy atom. The second-order valence-electron chi connectivity index (χ2n) is 5.70. The Kier molecular flexibility index (Phi) is 5.01. The van der Waals surface area contributed by atoms with Crippen molar-refractivity contribution in [2.75, 3.05) is 5.75 Å². The minimum atomic E-state index is -4.61. The van der Waals surface area contributed by atoms with E-state index in [0.717, 1.165) is 16.7 Å². The van der Waals surface area contributed by atoms with Crippen LogP contribution in [0.3, 0.4) is 0 Å². The molecule has 1 N–H and O–H groups in total. The Morgan fingerprint density at radius 3 is 2.63 bits per heavy atom. The van der Waals surface area contributed by atoms with E-state index < -0.39 is 33.8 Å². The van der Waals surface area contributed by atoms with Gasteiger partial charge in [-0.1, -0.05) is 6.92 Å². The summed E-state index contributed by atoms with van der Waals surface area (Å²) in [4.78, 5) is 31.6. The molecule has 0 amide bonds. The third-order valence-electron chi connectivity index (χ3n) is 4.02. The topological polar surface area (TPSA) is 84.8 Å². The number of alkyl halides is 3. The average Bonchev–Trinajstić information content (AvgIpc) is 2.63.